The second kappa shape index (κ2) is 5.58. The van der Waals surface area contributed by atoms with E-state index in [0.717, 1.165) is 22.2 Å². The molecule has 3 heteroatoms. The summed E-state index contributed by atoms with van der Waals surface area (Å²) in [6, 6.07) is 0. The van der Waals surface area contributed by atoms with Gasteiger partial charge < -0.3 is 11.1 Å². The molecule has 0 aromatic rings. The van der Waals surface area contributed by atoms with E-state index in [0.29, 0.717) is 17.8 Å². The molecule has 1 aliphatic carbocycles. The molecule has 2 nitrogen and oxygen atoms in total. The molecular weight excluding hydrogens is 299 g/mol. The summed E-state index contributed by atoms with van der Waals surface area (Å²) in [5.41, 5.74) is 7.73. The highest BCUT2D eigenvalue weighted by atomic mass is 127. The molecule has 0 amide bonds. The number of halogens is 1. The Kier molecular flexibility index (Phi) is 4.70. The van der Waals surface area contributed by atoms with E-state index >= 15 is 0 Å². The highest BCUT2D eigenvalue weighted by molar-refractivity contribution is 14.1. The zero-order valence-electron chi connectivity index (χ0n) is 9.17. The molecule has 0 saturated carbocycles. The standard InChI is InChI=1S/C12H19IN2/c1-8(14)12(7-13)11-6-4-5-10(11)9(2)15-3/h4,6,10-12,15H,1-2,5,7,14H2,3H3. The quantitative estimate of drug-likeness (QED) is 0.464. The lowest BCUT2D eigenvalue weighted by Gasteiger charge is -2.28. The minimum Gasteiger partial charge on any atom is -0.402 e. The summed E-state index contributed by atoms with van der Waals surface area (Å²) in [5, 5.41) is 3.15. The summed E-state index contributed by atoms with van der Waals surface area (Å²) in [6.45, 7) is 7.94. The zero-order valence-corrected chi connectivity index (χ0v) is 11.3. The molecule has 84 valence electrons. The van der Waals surface area contributed by atoms with E-state index in [1.54, 1.807) is 0 Å². The monoisotopic (exact) mass is 318 g/mol. The molecule has 0 aromatic carbocycles. The van der Waals surface area contributed by atoms with Gasteiger partial charge in [-0.3, -0.25) is 0 Å². The molecule has 0 spiro atoms. The second-order valence-corrected chi connectivity index (χ2v) is 4.84. The Hall–Kier alpha value is -0.450. The van der Waals surface area contributed by atoms with E-state index < -0.39 is 0 Å². The molecule has 0 saturated heterocycles. The van der Waals surface area contributed by atoms with Crippen molar-refractivity contribution in [2.45, 2.75) is 6.42 Å². The van der Waals surface area contributed by atoms with Crippen LogP contribution >= 0.6 is 22.6 Å². The van der Waals surface area contributed by atoms with Crippen LogP contribution in [-0.2, 0) is 0 Å². The predicted molar refractivity (Wildman–Crippen MR) is 74.6 cm³/mol. The molecule has 0 fully saturated rings. The SMILES string of the molecule is C=C(N)C(CI)C1C=CCC1C(=C)NC. The third-order valence-corrected chi connectivity index (χ3v) is 4.04. The van der Waals surface area contributed by atoms with Gasteiger partial charge in [0.25, 0.3) is 0 Å². The van der Waals surface area contributed by atoms with Gasteiger partial charge in [-0.15, -0.1) is 0 Å². The molecule has 0 radical (unpaired) electrons. The minimum absolute atomic E-state index is 0.361. The molecule has 3 N–H and O–H groups in total. The number of nitrogens with one attached hydrogen (secondary N) is 1. The van der Waals surface area contributed by atoms with Crippen molar-refractivity contribution in [1.29, 1.82) is 0 Å². The van der Waals surface area contributed by atoms with Crippen molar-refractivity contribution in [2.75, 3.05) is 11.5 Å². The Morgan fingerprint density at radius 1 is 1.67 bits per heavy atom. The van der Waals surface area contributed by atoms with Gasteiger partial charge >= 0.3 is 0 Å². The number of hydrogen-bond donors (Lipinski definition) is 2. The fourth-order valence-electron chi connectivity index (χ4n) is 2.10. The van der Waals surface area contributed by atoms with E-state index in [1.807, 2.05) is 7.05 Å². The minimum atomic E-state index is 0.361. The van der Waals surface area contributed by atoms with Crippen LogP contribution in [0.4, 0.5) is 0 Å². The summed E-state index contributed by atoms with van der Waals surface area (Å²) in [6.07, 6.45) is 5.54. The van der Waals surface area contributed by atoms with Crippen LogP contribution < -0.4 is 11.1 Å². The highest BCUT2D eigenvalue weighted by Crippen LogP contribution is 2.37. The highest BCUT2D eigenvalue weighted by Gasteiger charge is 2.31. The number of allylic oxidation sites excluding steroid dienone is 4. The van der Waals surface area contributed by atoms with Gasteiger partial charge in [0.1, 0.15) is 0 Å². The Bertz CT molecular complexity index is 283. The summed E-state index contributed by atoms with van der Waals surface area (Å²) >= 11 is 2.38. The molecule has 0 aromatic heterocycles. The molecular formula is C12H19IN2. The molecule has 15 heavy (non-hydrogen) atoms. The molecule has 0 aliphatic heterocycles. The first kappa shape index (κ1) is 12.6. The third-order valence-electron chi connectivity index (χ3n) is 3.09. The van der Waals surface area contributed by atoms with Gasteiger partial charge in [0, 0.05) is 34.7 Å². The Morgan fingerprint density at radius 3 is 2.80 bits per heavy atom. The lowest BCUT2D eigenvalue weighted by Crippen LogP contribution is -2.28. The Labute approximate surface area is 106 Å². The van der Waals surface area contributed by atoms with Crippen LogP contribution in [-0.4, -0.2) is 11.5 Å². The van der Waals surface area contributed by atoms with E-state index in [2.05, 4.69) is 53.2 Å². The zero-order chi connectivity index (χ0) is 11.4. The summed E-state index contributed by atoms with van der Waals surface area (Å²) in [7, 11) is 1.92. The van der Waals surface area contributed by atoms with Gasteiger partial charge in [0.15, 0.2) is 0 Å². The first-order valence-electron chi connectivity index (χ1n) is 5.15. The summed E-state index contributed by atoms with van der Waals surface area (Å²) < 4.78 is 1.01. The third kappa shape index (κ3) is 2.77. The number of hydrogen-bond acceptors (Lipinski definition) is 2. The van der Waals surface area contributed by atoms with Crippen molar-refractivity contribution in [3.05, 3.63) is 36.7 Å². The topological polar surface area (TPSA) is 38.0 Å². The summed E-state index contributed by atoms with van der Waals surface area (Å²) in [5.74, 6) is 1.29. The lowest BCUT2D eigenvalue weighted by molar-refractivity contribution is 0.384. The molecule has 3 unspecified atom stereocenters. The normalized spacial score (nSPS) is 26.3. The molecule has 0 heterocycles. The van der Waals surface area contributed by atoms with Crippen molar-refractivity contribution in [1.82, 2.24) is 5.32 Å². The molecule has 1 aliphatic rings. The van der Waals surface area contributed by atoms with Crippen LogP contribution in [0.3, 0.4) is 0 Å². The van der Waals surface area contributed by atoms with Crippen LogP contribution in [0, 0.1) is 17.8 Å². The molecule has 0 bridgehead atoms. The van der Waals surface area contributed by atoms with Gasteiger partial charge in [-0.25, -0.2) is 0 Å². The van der Waals surface area contributed by atoms with Crippen LogP contribution in [0.1, 0.15) is 6.42 Å². The smallest absolute Gasteiger partial charge is 0.0137 e. The molecule has 3 atom stereocenters. The number of rotatable bonds is 5. The lowest BCUT2D eigenvalue weighted by atomic mass is 9.82. The van der Waals surface area contributed by atoms with Crippen LogP contribution in [0.15, 0.2) is 36.7 Å². The fraction of sp³-hybridized carbons (Fsp3) is 0.500. The van der Waals surface area contributed by atoms with Crippen LogP contribution in [0.5, 0.6) is 0 Å². The maximum absolute atomic E-state index is 5.85. The maximum Gasteiger partial charge on any atom is 0.0137 e. The average Bonchev–Trinajstić information content (AvgIpc) is 2.66. The fourth-order valence-corrected chi connectivity index (χ4v) is 3.25. The van der Waals surface area contributed by atoms with Crippen LogP contribution in [0.25, 0.3) is 0 Å². The van der Waals surface area contributed by atoms with Crippen molar-refractivity contribution in [2.24, 2.45) is 23.5 Å². The van der Waals surface area contributed by atoms with E-state index in [1.165, 1.54) is 0 Å². The average molecular weight is 318 g/mol. The first-order valence-corrected chi connectivity index (χ1v) is 6.67. The van der Waals surface area contributed by atoms with Crippen molar-refractivity contribution in [3.8, 4) is 0 Å². The van der Waals surface area contributed by atoms with Gasteiger partial charge in [-0.05, 0) is 12.3 Å². The summed E-state index contributed by atoms with van der Waals surface area (Å²) in [4.78, 5) is 0. The van der Waals surface area contributed by atoms with Gasteiger partial charge in [-0.1, -0.05) is 47.9 Å². The van der Waals surface area contributed by atoms with Crippen LogP contribution in [0.2, 0.25) is 0 Å². The van der Waals surface area contributed by atoms with Gasteiger partial charge in [0.2, 0.25) is 0 Å². The van der Waals surface area contributed by atoms with Gasteiger partial charge in [-0.2, -0.15) is 0 Å². The number of alkyl halides is 1. The molecule has 1 rings (SSSR count). The van der Waals surface area contributed by atoms with E-state index in [-0.39, 0.29) is 0 Å². The first-order chi connectivity index (χ1) is 7.11. The van der Waals surface area contributed by atoms with E-state index in [9.17, 15) is 0 Å². The Balaban J connectivity index is 2.78. The second-order valence-electron chi connectivity index (χ2n) is 3.96. The number of nitrogens with two attached hydrogens (primary N) is 1. The van der Waals surface area contributed by atoms with Crippen molar-refractivity contribution < 1.29 is 0 Å². The van der Waals surface area contributed by atoms with Crippen molar-refractivity contribution in [3.63, 3.8) is 0 Å². The Morgan fingerprint density at radius 2 is 2.33 bits per heavy atom. The van der Waals surface area contributed by atoms with Gasteiger partial charge in [0.05, 0.1) is 0 Å². The maximum atomic E-state index is 5.85. The van der Waals surface area contributed by atoms with E-state index in [4.69, 9.17) is 5.73 Å². The van der Waals surface area contributed by atoms with Crippen molar-refractivity contribution >= 4 is 22.6 Å². The largest absolute Gasteiger partial charge is 0.402 e. The predicted octanol–water partition coefficient (Wildman–Crippen LogP) is 2.44.